The van der Waals surface area contributed by atoms with Gasteiger partial charge in [0.05, 0.1) is 6.10 Å². The predicted molar refractivity (Wildman–Crippen MR) is 62.6 cm³/mol. The third-order valence-corrected chi connectivity index (χ3v) is 3.53. The number of rotatable bonds is 3. The zero-order valence-corrected chi connectivity index (χ0v) is 10.9. The molecule has 17 heavy (non-hydrogen) atoms. The van der Waals surface area contributed by atoms with Gasteiger partial charge < -0.3 is 14.7 Å². The Balaban J connectivity index is 2.72. The summed E-state index contributed by atoms with van der Waals surface area (Å²) in [5, 5.41) is 9.09. The molecule has 1 heterocycles. The summed E-state index contributed by atoms with van der Waals surface area (Å²) >= 11 is 0. The van der Waals surface area contributed by atoms with E-state index in [0.717, 1.165) is 0 Å². The van der Waals surface area contributed by atoms with Crippen molar-refractivity contribution in [2.75, 3.05) is 13.7 Å². The van der Waals surface area contributed by atoms with Crippen LogP contribution in [0.1, 0.15) is 33.6 Å². The van der Waals surface area contributed by atoms with Crippen molar-refractivity contribution in [1.82, 2.24) is 4.90 Å². The second-order valence-electron chi connectivity index (χ2n) is 5.16. The van der Waals surface area contributed by atoms with Crippen LogP contribution in [-0.2, 0) is 14.3 Å². The molecule has 1 rings (SSSR count). The summed E-state index contributed by atoms with van der Waals surface area (Å²) in [7, 11) is 1.55. The minimum atomic E-state index is -1.17. The highest BCUT2D eigenvalue weighted by Crippen LogP contribution is 2.24. The number of likely N-dealkylation sites (N-methyl/N-ethyl adjacent to an activating group) is 1. The molecule has 1 amide bonds. The lowest BCUT2D eigenvalue weighted by Gasteiger charge is -2.36. The van der Waals surface area contributed by atoms with E-state index in [1.165, 1.54) is 18.7 Å². The zero-order valence-electron chi connectivity index (χ0n) is 10.9. The van der Waals surface area contributed by atoms with Gasteiger partial charge in [-0.25, -0.2) is 4.79 Å². The van der Waals surface area contributed by atoms with E-state index in [1.807, 2.05) is 6.92 Å². The summed E-state index contributed by atoms with van der Waals surface area (Å²) in [6, 6.07) is 0. The van der Waals surface area contributed by atoms with E-state index in [0.29, 0.717) is 19.4 Å². The molecule has 0 spiro atoms. The fraction of sp³-hybridized carbons (Fsp3) is 0.833. The number of carboxylic acid groups (broad SMARTS) is 1. The normalized spacial score (nSPS) is 25.4. The molecule has 5 nitrogen and oxygen atoms in total. The monoisotopic (exact) mass is 243 g/mol. The summed E-state index contributed by atoms with van der Waals surface area (Å²) in [6.07, 6.45) is 1.40. The zero-order chi connectivity index (χ0) is 13.2. The third-order valence-electron chi connectivity index (χ3n) is 3.53. The molecule has 0 aromatic rings. The Morgan fingerprint density at radius 3 is 2.47 bits per heavy atom. The van der Waals surface area contributed by atoms with Crippen LogP contribution in [0.3, 0.4) is 0 Å². The highest BCUT2D eigenvalue weighted by Gasteiger charge is 2.38. The Morgan fingerprint density at radius 2 is 2.00 bits per heavy atom. The molecule has 1 N–H and O–H groups in total. The topological polar surface area (TPSA) is 66.8 Å². The van der Waals surface area contributed by atoms with E-state index < -0.39 is 11.5 Å². The Hall–Kier alpha value is -1.10. The maximum absolute atomic E-state index is 12.2. The average Bonchev–Trinajstić information content (AvgIpc) is 2.26. The van der Waals surface area contributed by atoms with Crippen LogP contribution >= 0.6 is 0 Å². The van der Waals surface area contributed by atoms with Crippen molar-refractivity contribution < 1.29 is 19.4 Å². The van der Waals surface area contributed by atoms with Crippen LogP contribution in [0.25, 0.3) is 0 Å². The predicted octanol–water partition coefficient (Wildman–Crippen LogP) is 1.12. The molecule has 1 aliphatic heterocycles. The number of carbonyl (C=O) groups excluding carboxylic acids is 1. The quantitative estimate of drug-likeness (QED) is 0.806. The minimum absolute atomic E-state index is 0.0686. The van der Waals surface area contributed by atoms with Crippen LogP contribution in [0.5, 0.6) is 0 Å². The van der Waals surface area contributed by atoms with Gasteiger partial charge in [-0.05, 0) is 33.6 Å². The highest BCUT2D eigenvalue weighted by atomic mass is 16.5. The molecule has 1 aliphatic rings. The molecular formula is C12H21NO4. The Bertz CT molecular complexity index is 314. The van der Waals surface area contributed by atoms with Crippen LogP contribution in [0.2, 0.25) is 0 Å². The second-order valence-corrected chi connectivity index (χ2v) is 5.16. The van der Waals surface area contributed by atoms with Gasteiger partial charge in [0.15, 0.2) is 0 Å². The van der Waals surface area contributed by atoms with Gasteiger partial charge in [0.2, 0.25) is 5.91 Å². The van der Waals surface area contributed by atoms with Crippen molar-refractivity contribution in [3.05, 3.63) is 0 Å². The Kier molecular flexibility index (Phi) is 4.14. The fourth-order valence-electron chi connectivity index (χ4n) is 1.92. The molecule has 1 fully saturated rings. The van der Waals surface area contributed by atoms with Crippen LogP contribution in [0.4, 0.5) is 0 Å². The van der Waals surface area contributed by atoms with Crippen LogP contribution in [-0.4, -0.2) is 47.2 Å². The molecule has 2 atom stereocenters. The number of hydrogen-bond donors (Lipinski definition) is 1. The molecule has 0 saturated carbocycles. The van der Waals surface area contributed by atoms with E-state index in [1.54, 1.807) is 7.05 Å². The Morgan fingerprint density at radius 1 is 1.41 bits per heavy atom. The van der Waals surface area contributed by atoms with Gasteiger partial charge in [-0.15, -0.1) is 0 Å². The molecule has 0 aliphatic carbocycles. The van der Waals surface area contributed by atoms with Crippen molar-refractivity contribution in [2.24, 2.45) is 5.92 Å². The number of amides is 1. The molecule has 0 bridgehead atoms. The van der Waals surface area contributed by atoms with E-state index in [-0.39, 0.29) is 17.9 Å². The fourth-order valence-corrected chi connectivity index (χ4v) is 1.92. The molecule has 5 heteroatoms. The summed E-state index contributed by atoms with van der Waals surface area (Å²) in [5.41, 5.74) is -1.17. The molecular weight excluding hydrogens is 222 g/mol. The lowest BCUT2D eigenvalue weighted by atomic mass is 9.92. The van der Waals surface area contributed by atoms with Crippen molar-refractivity contribution in [2.45, 2.75) is 45.3 Å². The maximum Gasteiger partial charge on any atom is 0.329 e. The van der Waals surface area contributed by atoms with E-state index in [9.17, 15) is 9.59 Å². The molecule has 2 unspecified atom stereocenters. The van der Waals surface area contributed by atoms with Crippen molar-refractivity contribution in [3.8, 4) is 0 Å². The van der Waals surface area contributed by atoms with Gasteiger partial charge in [-0.1, -0.05) is 0 Å². The summed E-state index contributed by atoms with van der Waals surface area (Å²) < 4.78 is 5.38. The molecule has 0 aromatic heterocycles. The lowest BCUT2D eigenvalue weighted by Crippen LogP contribution is -2.53. The number of carbonyl (C=O) groups is 2. The van der Waals surface area contributed by atoms with Crippen LogP contribution in [0, 0.1) is 5.92 Å². The SMILES string of the molecule is CC1CC(C(=O)N(C)C(C)(C)C(=O)O)CCO1. The van der Waals surface area contributed by atoms with Crippen molar-refractivity contribution >= 4 is 11.9 Å². The first-order chi connectivity index (χ1) is 7.76. The lowest BCUT2D eigenvalue weighted by molar-refractivity contribution is -0.158. The first-order valence-corrected chi connectivity index (χ1v) is 5.89. The van der Waals surface area contributed by atoms with Gasteiger partial charge >= 0.3 is 5.97 Å². The third kappa shape index (κ3) is 2.97. The molecule has 98 valence electrons. The van der Waals surface area contributed by atoms with Crippen molar-refractivity contribution in [1.29, 1.82) is 0 Å². The van der Waals surface area contributed by atoms with Gasteiger partial charge in [-0.2, -0.15) is 0 Å². The number of ether oxygens (including phenoxy) is 1. The average molecular weight is 243 g/mol. The number of carboxylic acids is 1. The summed E-state index contributed by atoms with van der Waals surface area (Å²) in [4.78, 5) is 24.6. The van der Waals surface area contributed by atoms with Crippen molar-refractivity contribution in [3.63, 3.8) is 0 Å². The minimum Gasteiger partial charge on any atom is -0.480 e. The number of nitrogens with zero attached hydrogens (tertiary/aromatic N) is 1. The largest absolute Gasteiger partial charge is 0.480 e. The first kappa shape index (κ1) is 14.0. The van der Waals surface area contributed by atoms with E-state index in [4.69, 9.17) is 9.84 Å². The smallest absolute Gasteiger partial charge is 0.329 e. The van der Waals surface area contributed by atoms with Gasteiger partial charge in [0.25, 0.3) is 0 Å². The van der Waals surface area contributed by atoms with Gasteiger partial charge in [-0.3, -0.25) is 4.79 Å². The standard InChI is InChI=1S/C12H21NO4/c1-8-7-9(5-6-17-8)10(14)13(4)12(2,3)11(15)16/h8-9H,5-7H2,1-4H3,(H,15,16). The summed E-state index contributed by atoms with van der Waals surface area (Å²) in [5.74, 6) is -1.22. The van der Waals surface area contributed by atoms with E-state index in [2.05, 4.69) is 0 Å². The van der Waals surface area contributed by atoms with Gasteiger partial charge in [0, 0.05) is 19.6 Å². The highest BCUT2D eigenvalue weighted by molar-refractivity contribution is 5.87. The number of hydrogen-bond acceptors (Lipinski definition) is 3. The Labute approximate surface area is 102 Å². The van der Waals surface area contributed by atoms with Crippen LogP contribution < -0.4 is 0 Å². The maximum atomic E-state index is 12.2. The molecule has 0 radical (unpaired) electrons. The molecule has 0 aromatic carbocycles. The number of aliphatic carboxylic acids is 1. The summed E-state index contributed by atoms with van der Waals surface area (Å²) in [6.45, 7) is 5.58. The van der Waals surface area contributed by atoms with Crippen LogP contribution in [0.15, 0.2) is 0 Å². The first-order valence-electron chi connectivity index (χ1n) is 5.89. The second kappa shape index (κ2) is 5.04. The molecule has 1 saturated heterocycles. The van der Waals surface area contributed by atoms with E-state index >= 15 is 0 Å². The van der Waals surface area contributed by atoms with Gasteiger partial charge in [0.1, 0.15) is 5.54 Å².